The highest BCUT2D eigenvalue weighted by molar-refractivity contribution is 6.30. The van der Waals surface area contributed by atoms with Gasteiger partial charge < -0.3 is 10.1 Å². The second kappa shape index (κ2) is 6.31. The van der Waals surface area contributed by atoms with E-state index in [0.717, 1.165) is 12.4 Å². The van der Waals surface area contributed by atoms with Gasteiger partial charge in [-0.3, -0.25) is 10.1 Å². The third kappa shape index (κ3) is 3.34. The lowest BCUT2D eigenvalue weighted by atomic mass is 10.3. The normalized spacial score (nSPS) is 10.2. The van der Waals surface area contributed by atoms with Crippen LogP contribution in [0.15, 0.2) is 24.5 Å². The van der Waals surface area contributed by atoms with Gasteiger partial charge in [0.1, 0.15) is 17.9 Å². The smallest absolute Gasteiger partial charge is 0.373 e. The number of rotatable bonds is 5. The topological polar surface area (TPSA) is 90.2 Å². The molecule has 0 radical (unpaired) electrons. The van der Waals surface area contributed by atoms with Crippen LogP contribution in [0.4, 0.5) is 15.9 Å². The molecule has 2 rings (SSSR count). The van der Waals surface area contributed by atoms with E-state index in [4.69, 9.17) is 16.3 Å². The number of aromatic nitrogens is 2. The van der Waals surface area contributed by atoms with E-state index in [0.29, 0.717) is 6.54 Å². The Kier molecular flexibility index (Phi) is 4.49. The van der Waals surface area contributed by atoms with Crippen molar-refractivity contribution in [3.8, 4) is 11.6 Å². The van der Waals surface area contributed by atoms with Gasteiger partial charge in [0.05, 0.1) is 9.95 Å². The zero-order valence-electron chi connectivity index (χ0n) is 10.8. The minimum absolute atomic E-state index is 0.0296. The highest BCUT2D eigenvalue weighted by Crippen LogP contribution is 2.34. The Morgan fingerprint density at radius 2 is 2.24 bits per heavy atom. The van der Waals surface area contributed by atoms with E-state index >= 15 is 0 Å². The quantitative estimate of drug-likeness (QED) is 0.672. The van der Waals surface area contributed by atoms with Crippen molar-refractivity contribution in [2.75, 3.05) is 11.9 Å². The lowest BCUT2D eigenvalue weighted by Crippen LogP contribution is -2.06. The van der Waals surface area contributed by atoms with Crippen molar-refractivity contribution in [2.24, 2.45) is 0 Å². The molecule has 0 aliphatic rings. The molecule has 0 unspecified atom stereocenters. The molecule has 7 nitrogen and oxygen atoms in total. The van der Waals surface area contributed by atoms with Gasteiger partial charge in [-0.15, -0.1) is 0 Å². The fraction of sp³-hybridized carbons (Fsp3) is 0.167. The zero-order valence-corrected chi connectivity index (χ0v) is 11.6. The molecule has 2 aromatic rings. The van der Waals surface area contributed by atoms with Crippen molar-refractivity contribution in [2.45, 2.75) is 6.92 Å². The van der Waals surface area contributed by atoms with Crippen molar-refractivity contribution in [1.29, 1.82) is 0 Å². The van der Waals surface area contributed by atoms with Crippen LogP contribution >= 0.6 is 11.6 Å². The molecule has 0 aliphatic carbocycles. The van der Waals surface area contributed by atoms with Gasteiger partial charge in [-0.25, -0.2) is 9.37 Å². The van der Waals surface area contributed by atoms with Crippen LogP contribution in [-0.2, 0) is 0 Å². The van der Waals surface area contributed by atoms with Crippen molar-refractivity contribution in [3.63, 3.8) is 0 Å². The van der Waals surface area contributed by atoms with E-state index in [-0.39, 0.29) is 22.5 Å². The minimum Gasteiger partial charge on any atom is -0.433 e. The van der Waals surface area contributed by atoms with Gasteiger partial charge in [0.2, 0.25) is 5.82 Å². The molecule has 9 heteroatoms. The van der Waals surface area contributed by atoms with Gasteiger partial charge >= 0.3 is 11.6 Å². The predicted molar refractivity (Wildman–Crippen MR) is 74.3 cm³/mol. The molecule has 110 valence electrons. The number of nitrogens with zero attached hydrogens (tertiary/aromatic N) is 3. The molecule has 0 atom stereocenters. The number of nitrogens with one attached hydrogen (secondary N) is 1. The van der Waals surface area contributed by atoms with E-state index in [1.807, 2.05) is 0 Å². The van der Waals surface area contributed by atoms with Crippen LogP contribution in [-0.4, -0.2) is 21.4 Å². The average molecular weight is 313 g/mol. The maximum atomic E-state index is 13.4. The summed E-state index contributed by atoms with van der Waals surface area (Å²) in [5.41, 5.74) is -0.422. The molecule has 0 aliphatic heterocycles. The first-order valence-electron chi connectivity index (χ1n) is 5.89. The monoisotopic (exact) mass is 312 g/mol. The molecule has 0 fully saturated rings. The fourth-order valence-electron chi connectivity index (χ4n) is 1.55. The predicted octanol–water partition coefficient (Wildman–Crippen LogP) is 3.40. The molecular formula is C12H10ClFN4O3. The number of halogens is 2. The van der Waals surface area contributed by atoms with Gasteiger partial charge in [-0.1, -0.05) is 11.6 Å². The summed E-state index contributed by atoms with van der Waals surface area (Å²) in [4.78, 5) is 18.0. The first-order valence-corrected chi connectivity index (χ1v) is 6.27. The molecule has 21 heavy (non-hydrogen) atoms. The average Bonchev–Trinajstić information content (AvgIpc) is 2.43. The number of benzene rings is 1. The first kappa shape index (κ1) is 14.9. The molecule has 1 N–H and O–H groups in total. The Morgan fingerprint density at radius 3 is 2.86 bits per heavy atom. The number of anilines is 1. The maximum Gasteiger partial charge on any atom is 0.373 e. The molecule has 0 saturated heterocycles. The second-order valence-corrected chi connectivity index (χ2v) is 4.25. The molecule has 0 bridgehead atoms. The van der Waals surface area contributed by atoms with E-state index in [9.17, 15) is 14.5 Å². The Balaban J connectivity index is 2.41. The third-order valence-electron chi connectivity index (χ3n) is 2.42. The molecule has 0 saturated carbocycles. The van der Waals surface area contributed by atoms with Gasteiger partial charge in [0.25, 0.3) is 0 Å². The lowest BCUT2D eigenvalue weighted by Gasteiger charge is -2.08. The van der Waals surface area contributed by atoms with Crippen molar-refractivity contribution in [3.05, 3.63) is 45.5 Å². The number of nitro groups is 1. The Morgan fingerprint density at radius 1 is 1.48 bits per heavy atom. The van der Waals surface area contributed by atoms with Crippen molar-refractivity contribution >= 4 is 23.1 Å². The van der Waals surface area contributed by atoms with E-state index < -0.39 is 16.4 Å². The van der Waals surface area contributed by atoms with Gasteiger partial charge in [0.15, 0.2) is 0 Å². The van der Waals surface area contributed by atoms with Gasteiger partial charge in [0, 0.05) is 12.6 Å². The lowest BCUT2D eigenvalue weighted by molar-refractivity contribution is -0.385. The van der Waals surface area contributed by atoms with Crippen molar-refractivity contribution in [1.82, 2.24) is 9.97 Å². The minimum atomic E-state index is -0.696. The summed E-state index contributed by atoms with van der Waals surface area (Å²) in [6.45, 7) is 2.20. The van der Waals surface area contributed by atoms with Crippen molar-refractivity contribution < 1.29 is 14.1 Å². The van der Waals surface area contributed by atoms with E-state index in [1.54, 1.807) is 6.92 Å². The molecule has 1 aromatic carbocycles. The molecule has 1 aromatic heterocycles. The van der Waals surface area contributed by atoms with Crippen LogP contribution in [0.5, 0.6) is 11.6 Å². The summed E-state index contributed by atoms with van der Waals surface area (Å²) in [6.07, 6.45) is 1.12. The van der Waals surface area contributed by atoms with Crippen LogP contribution in [0.2, 0.25) is 5.02 Å². The Hall–Kier alpha value is -2.48. The SMILES string of the molecule is CCNc1ncnc(Oc2ccc(Cl)c(F)c2)c1[N+](=O)[O-]. The number of hydrogen-bond donors (Lipinski definition) is 1. The summed E-state index contributed by atoms with van der Waals surface area (Å²) in [6, 6.07) is 3.68. The number of ether oxygens (including phenoxy) is 1. The third-order valence-corrected chi connectivity index (χ3v) is 2.73. The zero-order chi connectivity index (χ0) is 15.4. The standard InChI is InChI=1S/C12H10ClFN4O3/c1-2-15-11-10(18(19)20)12(17-6-16-11)21-7-3-4-8(13)9(14)5-7/h3-6H,2H2,1H3,(H,15,16,17). The molecule has 1 heterocycles. The second-order valence-electron chi connectivity index (χ2n) is 3.84. The summed E-state index contributed by atoms with van der Waals surface area (Å²) in [5.74, 6) is -0.909. The van der Waals surface area contributed by atoms with Crippen LogP contribution in [0.1, 0.15) is 6.92 Å². The summed E-state index contributed by atoms with van der Waals surface area (Å²) in [5, 5.41) is 13.8. The summed E-state index contributed by atoms with van der Waals surface area (Å²) in [7, 11) is 0. The number of hydrogen-bond acceptors (Lipinski definition) is 6. The highest BCUT2D eigenvalue weighted by Gasteiger charge is 2.24. The summed E-state index contributed by atoms with van der Waals surface area (Å²) >= 11 is 5.56. The Bertz CT molecular complexity index is 684. The Labute approximate surface area is 123 Å². The molecule has 0 spiro atoms. The van der Waals surface area contributed by atoms with Crippen LogP contribution in [0, 0.1) is 15.9 Å². The van der Waals surface area contributed by atoms with E-state index in [2.05, 4.69) is 15.3 Å². The maximum absolute atomic E-state index is 13.4. The molecule has 0 amide bonds. The van der Waals surface area contributed by atoms with Crippen LogP contribution < -0.4 is 10.1 Å². The van der Waals surface area contributed by atoms with Gasteiger partial charge in [-0.2, -0.15) is 4.98 Å². The largest absolute Gasteiger partial charge is 0.433 e. The first-order chi connectivity index (χ1) is 10.0. The van der Waals surface area contributed by atoms with Crippen LogP contribution in [0.3, 0.4) is 0 Å². The fourth-order valence-corrected chi connectivity index (χ4v) is 1.67. The highest BCUT2D eigenvalue weighted by atomic mass is 35.5. The van der Waals surface area contributed by atoms with Crippen LogP contribution in [0.25, 0.3) is 0 Å². The molecular weight excluding hydrogens is 303 g/mol. The summed E-state index contributed by atoms with van der Waals surface area (Å²) < 4.78 is 18.6. The van der Waals surface area contributed by atoms with E-state index in [1.165, 1.54) is 12.1 Å². The van der Waals surface area contributed by atoms with Gasteiger partial charge in [-0.05, 0) is 19.1 Å².